The number of sulfonamides is 1. The van der Waals surface area contributed by atoms with E-state index in [0.717, 1.165) is 0 Å². The lowest BCUT2D eigenvalue weighted by atomic mass is 9.94. The zero-order valence-electron chi connectivity index (χ0n) is 11.6. The second-order valence-corrected chi connectivity index (χ2v) is 8.40. The van der Waals surface area contributed by atoms with Gasteiger partial charge in [-0.2, -0.15) is 0 Å². The number of carbonyl (C=O) groups is 1. The van der Waals surface area contributed by atoms with Crippen LogP contribution < -0.4 is 4.72 Å². The first-order valence-electron chi connectivity index (χ1n) is 6.04. The Morgan fingerprint density at radius 2 is 1.95 bits per heavy atom. The topological polar surface area (TPSA) is 83.5 Å². The summed E-state index contributed by atoms with van der Waals surface area (Å²) in [5.74, 6) is -1.24. The monoisotopic (exact) mass is 363 g/mol. The highest BCUT2D eigenvalue weighted by Crippen LogP contribution is 2.28. The maximum atomic E-state index is 12.0. The van der Waals surface area contributed by atoms with Crippen molar-refractivity contribution >= 4 is 37.6 Å². The zero-order chi connectivity index (χ0) is 15.6. The normalized spacial score (nSPS) is 12.2. The highest BCUT2D eigenvalue weighted by molar-refractivity contribution is 9.10. The van der Waals surface area contributed by atoms with E-state index in [-0.39, 0.29) is 22.4 Å². The third kappa shape index (κ3) is 5.13. The zero-order valence-corrected chi connectivity index (χ0v) is 14.0. The summed E-state index contributed by atoms with van der Waals surface area (Å²) in [5, 5.41) is 9.09. The molecule has 1 rings (SSSR count). The van der Waals surface area contributed by atoms with Crippen molar-refractivity contribution in [1.82, 2.24) is 0 Å². The summed E-state index contributed by atoms with van der Waals surface area (Å²) in [6, 6.07) is 4.49. The molecule has 0 fully saturated rings. The van der Waals surface area contributed by atoms with E-state index in [1.54, 1.807) is 12.1 Å². The first-order valence-corrected chi connectivity index (χ1v) is 8.49. The van der Waals surface area contributed by atoms with Gasteiger partial charge in [-0.3, -0.25) is 4.72 Å². The van der Waals surface area contributed by atoms with Crippen molar-refractivity contribution in [1.29, 1.82) is 0 Å². The van der Waals surface area contributed by atoms with Crippen LogP contribution in [0.25, 0.3) is 0 Å². The van der Waals surface area contributed by atoms with Crippen molar-refractivity contribution in [2.45, 2.75) is 27.2 Å². The van der Waals surface area contributed by atoms with Gasteiger partial charge in [0.05, 0.1) is 17.0 Å². The maximum Gasteiger partial charge on any atom is 0.337 e. The van der Waals surface area contributed by atoms with Crippen LogP contribution in [-0.2, 0) is 10.0 Å². The van der Waals surface area contributed by atoms with E-state index >= 15 is 0 Å². The Bertz CT molecular complexity index is 605. The first kappa shape index (κ1) is 17.0. The largest absolute Gasteiger partial charge is 0.478 e. The van der Waals surface area contributed by atoms with E-state index in [2.05, 4.69) is 20.7 Å². The van der Waals surface area contributed by atoms with Crippen molar-refractivity contribution in [2.75, 3.05) is 10.5 Å². The van der Waals surface area contributed by atoms with Crippen molar-refractivity contribution in [3.8, 4) is 0 Å². The number of rotatable bonds is 5. The molecular formula is C13H18BrNO4S. The smallest absolute Gasteiger partial charge is 0.337 e. The molecule has 112 valence electrons. The molecule has 2 N–H and O–H groups in total. The summed E-state index contributed by atoms with van der Waals surface area (Å²) >= 11 is 3.17. The van der Waals surface area contributed by atoms with Crippen LogP contribution in [0.5, 0.6) is 0 Å². The standard InChI is InChI=1S/C13H18BrNO4S/c1-13(2,3)7-8-20(18,19)15-11-9(12(16)17)5-4-6-10(11)14/h4-6,15H,7-8H2,1-3H3,(H,16,17). The number of carboxylic acid groups (broad SMARTS) is 1. The molecule has 0 aliphatic heterocycles. The predicted octanol–water partition coefficient (Wildman–Crippen LogP) is 3.33. The molecule has 0 aliphatic carbocycles. The van der Waals surface area contributed by atoms with Crippen LogP contribution in [0.4, 0.5) is 5.69 Å². The fraction of sp³-hybridized carbons (Fsp3) is 0.462. The Morgan fingerprint density at radius 1 is 1.35 bits per heavy atom. The average Bonchev–Trinajstić information content (AvgIpc) is 2.28. The molecule has 0 amide bonds. The van der Waals surface area contributed by atoms with Crippen molar-refractivity contribution < 1.29 is 18.3 Å². The second-order valence-electron chi connectivity index (χ2n) is 5.70. The molecule has 0 aliphatic rings. The quantitative estimate of drug-likeness (QED) is 0.840. The molecule has 0 saturated carbocycles. The number of halogens is 1. The number of hydrogen-bond acceptors (Lipinski definition) is 3. The SMILES string of the molecule is CC(C)(C)CCS(=O)(=O)Nc1c(Br)cccc1C(=O)O. The minimum Gasteiger partial charge on any atom is -0.478 e. The molecule has 5 nitrogen and oxygen atoms in total. The van der Waals surface area contributed by atoms with E-state index in [4.69, 9.17) is 5.11 Å². The highest BCUT2D eigenvalue weighted by atomic mass is 79.9. The van der Waals surface area contributed by atoms with Crippen molar-refractivity contribution in [3.05, 3.63) is 28.2 Å². The van der Waals surface area contributed by atoms with E-state index < -0.39 is 16.0 Å². The molecule has 0 heterocycles. The minimum absolute atomic E-state index is 0.0586. The van der Waals surface area contributed by atoms with E-state index in [0.29, 0.717) is 10.9 Å². The van der Waals surface area contributed by atoms with Gasteiger partial charge in [0.25, 0.3) is 0 Å². The van der Waals surface area contributed by atoms with Gasteiger partial charge in [0.1, 0.15) is 0 Å². The number of aromatic carboxylic acids is 1. The van der Waals surface area contributed by atoms with Crippen LogP contribution >= 0.6 is 15.9 Å². The number of hydrogen-bond donors (Lipinski definition) is 2. The Balaban J connectivity index is 3.01. The van der Waals surface area contributed by atoms with Gasteiger partial charge in [-0.15, -0.1) is 0 Å². The lowest BCUT2D eigenvalue weighted by molar-refractivity contribution is 0.0698. The Hall–Kier alpha value is -1.08. The number of carboxylic acids is 1. The maximum absolute atomic E-state index is 12.0. The van der Waals surface area contributed by atoms with Gasteiger partial charge in [0.15, 0.2) is 0 Å². The van der Waals surface area contributed by atoms with Crippen LogP contribution in [0.15, 0.2) is 22.7 Å². The van der Waals surface area contributed by atoms with Gasteiger partial charge in [-0.05, 0) is 39.9 Å². The summed E-state index contributed by atoms with van der Waals surface area (Å²) in [6.07, 6.45) is 0.481. The Kier molecular flexibility index (Phi) is 5.21. The fourth-order valence-corrected chi connectivity index (χ4v) is 3.56. The number of nitrogens with one attached hydrogen (secondary N) is 1. The Labute approximate surface area is 127 Å². The molecule has 0 aromatic heterocycles. The summed E-state index contributed by atoms with van der Waals surface area (Å²) in [4.78, 5) is 11.1. The van der Waals surface area contributed by atoms with Gasteiger partial charge >= 0.3 is 5.97 Å². The van der Waals surface area contributed by atoms with Gasteiger partial charge in [0.2, 0.25) is 10.0 Å². The molecule has 0 radical (unpaired) electrons. The number of benzene rings is 1. The highest BCUT2D eigenvalue weighted by Gasteiger charge is 2.21. The molecule has 1 aromatic rings. The third-order valence-corrected chi connectivity index (χ3v) is 4.54. The molecule has 20 heavy (non-hydrogen) atoms. The van der Waals surface area contributed by atoms with Crippen molar-refractivity contribution in [2.24, 2.45) is 5.41 Å². The van der Waals surface area contributed by atoms with Crippen LogP contribution in [-0.4, -0.2) is 25.2 Å². The van der Waals surface area contributed by atoms with Crippen LogP contribution in [0.3, 0.4) is 0 Å². The van der Waals surface area contributed by atoms with Gasteiger partial charge in [-0.25, -0.2) is 13.2 Å². The summed E-state index contributed by atoms with van der Waals surface area (Å²) < 4.78 is 26.9. The average molecular weight is 364 g/mol. The summed E-state index contributed by atoms with van der Waals surface area (Å²) in [6.45, 7) is 5.84. The summed E-state index contributed by atoms with van der Waals surface area (Å²) in [5.41, 5.74) is -0.134. The molecule has 7 heteroatoms. The lowest BCUT2D eigenvalue weighted by Crippen LogP contribution is -2.22. The summed E-state index contributed by atoms with van der Waals surface area (Å²) in [7, 11) is -3.59. The molecule has 0 atom stereocenters. The lowest BCUT2D eigenvalue weighted by Gasteiger charge is -2.19. The fourth-order valence-electron chi connectivity index (χ4n) is 1.45. The molecule has 0 saturated heterocycles. The number of anilines is 1. The van der Waals surface area contributed by atoms with Crippen LogP contribution in [0.1, 0.15) is 37.6 Å². The molecule has 0 spiro atoms. The molecule has 0 unspecified atom stereocenters. The molecule has 0 bridgehead atoms. The Morgan fingerprint density at radius 3 is 2.45 bits per heavy atom. The van der Waals surface area contributed by atoms with Crippen LogP contribution in [0.2, 0.25) is 0 Å². The van der Waals surface area contributed by atoms with E-state index in [1.165, 1.54) is 6.07 Å². The first-order chi connectivity index (χ1) is 9.02. The minimum atomic E-state index is -3.59. The van der Waals surface area contributed by atoms with Gasteiger partial charge < -0.3 is 5.11 Å². The van der Waals surface area contributed by atoms with Gasteiger partial charge in [-0.1, -0.05) is 26.8 Å². The molecule has 1 aromatic carbocycles. The molecular weight excluding hydrogens is 346 g/mol. The third-order valence-electron chi connectivity index (χ3n) is 2.62. The predicted molar refractivity (Wildman–Crippen MR) is 82.6 cm³/mol. The van der Waals surface area contributed by atoms with E-state index in [1.807, 2.05) is 20.8 Å². The van der Waals surface area contributed by atoms with Crippen molar-refractivity contribution in [3.63, 3.8) is 0 Å². The number of para-hydroxylation sites is 1. The second kappa shape index (κ2) is 6.13. The van der Waals surface area contributed by atoms with E-state index in [9.17, 15) is 13.2 Å². The van der Waals surface area contributed by atoms with Crippen LogP contribution in [0, 0.1) is 5.41 Å². The van der Waals surface area contributed by atoms with Gasteiger partial charge in [0, 0.05) is 4.47 Å².